The molecule has 4 heterocycles. The lowest BCUT2D eigenvalue weighted by Crippen LogP contribution is -2.26. The van der Waals surface area contributed by atoms with Crippen molar-refractivity contribution in [1.29, 1.82) is 0 Å². The van der Waals surface area contributed by atoms with Gasteiger partial charge >= 0.3 is 0 Å². The fourth-order valence-corrected chi connectivity index (χ4v) is 10.8. The third kappa shape index (κ3) is 11.3. The monoisotopic (exact) mass is 773 g/mol. The van der Waals surface area contributed by atoms with Crippen molar-refractivity contribution < 1.29 is 0 Å². The molecule has 5 rings (SSSR count). The summed E-state index contributed by atoms with van der Waals surface area (Å²) in [7, 11) is 0. The molecular formula is C48H72N2O2S2. The van der Waals surface area contributed by atoms with E-state index in [1.807, 2.05) is 0 Å². The average molecular weight is 773 g/mol. The van der Waals surface area contributed by atoms with Crippen LogP contribution < -0.4 is 11.1 Å². The number of benzene rings is 1. The summed E-state index contributed by atoms with van der Waals surface area (Å²) in [5.74, 6) is 1.02. The number of unbranched alkanes of at least 4 members (excludes halogenated alkanes) is 16. The van der Waals surface area contributed by atoms with E-state index in [-0.39, 0.29) is 11.1 Å². The number of fused-ring (bicyclic) bond motifs is 6. The van der Waals surface area contributed by atoms with Crippen LogP contribution >= 0.6 is 22.7 Å². The first-order valence-electron chi connectivity index (χ1n) is 22.5. The highest BCUT2D eigenvalue weighted by Crippen LogP contribution is 2.35. The Morgan fingerprint density at radius 2 is 0.759 bits per heavy atom. The molecule has 0 aliphatic carbocycles. The maximum absolute atomic E-state index is 14.6. The highest BCUT2D eigenvalue weighted by molar-refractivity contribution is 7.18. The van der Waals surface area contributed by atoms with Crippen molar-refractivity contribution in [2.75, 3.05) is 0 Å². The molecule has 0 saturated heterocycles. The summed E-state index contributed by atoms with van der Waals surface area (Å²) >= 11 is 3.44. The molecule has 0 saturated carbocycles. The molecule has 0 spiro atoms. The van der Waals surface area contributed by atoms with E-state index in [0.717, 1.165) is 55.1 Å². The van der Waals surface area contributed by atoms with E-state index < -0.39 is 0 Å². The lowest BCUT2D eigenvalue weighted by Gasteiger charge is -2.21. The number of rotatable bonds is 28. The standard InChI is InChI=1S/C48H72N2O2S2/c1-5-9-13-17-19-23-27-37(25-21-15-11-7-3)35-49-43-29-31-53-45(43)39-34-42-40(33-41(39)47(49)51)46-44(30-32-54-46)50(48(42)52)36-38(26-22-16-12-8-4)28-24-20-18-14-10-6-2/h29-34,37-38H,5-28,35-36H2,1-4H3. The molecule has 54 heavy (non-hydrogen) atoms. The number of hydrogen-bond acceptors (Lipinski definition) is 4. The molecule has 0 N–H and O–H groups in total. The Morgan fingerprint density at radius 1 is 0.444 bits per heavy atom. The Balaban J connectivity index is 1.48. The summed E-state index contributed by atoms with van der Waals surface area (Å²) < 4.78 is 6.51. The normalized spacial score (nSPS) is 13.3. The molecule has 4 aromatic heterocycles. The fraction of sp³-hybridized carbons (Fsp3) is 0.667. The predicted octanol–water partition coefficient (Wildman–Crippen LogP) is 15.4. The van der Waals surface area contributed by atoms with Gasteiger partial charge in [0.15, 0.2) is 0 Å². The third-order valence-corrected chi connectivity index (χ3v) is 14.1. The Bertz CT molecular complexity index is 1820. The maximum Gasteiger partial charge on any atom is 0.259 e. The number of nitrogens with zero attached hydrogens (tertiary/aromatic N) is 2. The molecule has 6 heteroatoms. The van der Waals surface area contributed by atoms with Crippen molar-refractivity contribution in [3.05, 3.63) is 55.7 Å². The van der Waals surface area contributed by atoms with Gasteiger partial charge in [-0.05, 0) is 72.5 Å². The second-order valence-corrected chi connectivity index (χ2v) is 18.4. The van der Waals surface area contributed by atoms with Crippen molar-refractivity contribution in [1.82, 2.24) is 9.13 Å². The van der Waals surface area contributed by atoms with Crippen molar-refractivity contribution in [2.45, 2.75) is 195 Å². The lowest BCUT2D eigenvalue weighted by molar-refractivity contribution is 0.359. The maximum atomic E-state index is 14.6. The molecule has 0 radical (unpaired) electrons. The molecule has 2 unspecified atom stereocenters. The van der Waals surface area contributed by atoms with Gasteiger partial charge in [0.1, 0.15) is 0 Å². The third-order valence-electron chi connectivity index (χ3n) is 12.2. The summed E-state index contributed by atoms with van der Waals surface area (Å²) in [5, 5.41) is 7.72. The molecule has 298 valence electrons. The highest BCUT2D eigenvalue weighted by atomic mass is 32.1. The van der Waals surface area contributed by atoms with Gasteiger partial charge in [-0.3, -0.25) is 9.59 Å². The van der Waals surface area contributed by atoms with Gasteiger partial charge in [0.25, 0.3) is 11.1 Å². The van der Waals surface area contributed by atoms with Gasteiger partial charge in [0, 0.05) is 34.6 Å². The van der Waals surface area contributed by atoms with Gasteiger partial charge in [-0.25, -0.2) is 0 Å². The molecular weight excluding hydrogens is 701 g/mol. The summed E-state index contributed by atoms with van der Waals surface area (Å²) in [6.07, 6.45) is 30.6. The van der Waals surface area contributed by atoms with Crippen molar-refractivity contribution in [3.8, 4) is 0 Å². The fourth-order valence-electron chi connectivity index (χ4n) is 8.95. The van der Waals surface area contributed by atoms with Crippen LogP contribution in [0.25, 0.3) is 42.0 Å². The SMILES string of the molecule is CCCCCCCCC(CCCCCC)Cn1c(=O)c2cc3c(cc2c2sccc21)c(=O)n(CC(CCCCCC)CCCCCCCC)c1ccsc31. The predicted molar refractivity (Wildman–Crippen MR) is 241 cm³/mol. The number of pyridine rings is 2. The molecule has 4 nitrogen and oxygen atoms in total. The molecule has 0 aliphatic heterocycles. The quantitative estimate of drug-likeness (QED) is 0.0375. The van der Waals surface area contributed by atoms with Crippen LogP contribution in [0.1, 0.15) is 182 Å². The Hall–Kier alpha value is -2.44. The van der Waals surface area contributed by atoms with Gasteiger partial charge < -0.3 is 9.13 Å². The van der Waals surface area contributed by atoms with Gasteiger partial charge in [-0.1, -0.05) is 156 Å². The summed E-state index contributed by atoms with van der Waals surface area (Å²) in [6, 6.07) is 8.48. The smallest absolute Gasteiger partial charge is 0.259 e. The van der Waals surface area contributed by atoms with Crippen LogP contribution in [0, 0.1) is 11.8 Å². The molecule has 0 aliphatic rings. The molecule has 0 fully saturated rings. The first kappa shape index (κ1) is 42.7. The lowest BCUT2D eigenvalue weighted by atomic mass is 9.93. The van der Waals surface area contributed by atoms with Crippen LogP contribution in [0.3, 0.4) is 0 Å². The van der Waals surface area contributed by atoms with Crippen LogP contribution in [0.4, 0.5) is 0 Å². The van der Waals surface area contributed by atoms with Crippen molar-refractivity contribution in [3.63, 3.8) is 0 Å². The number of hydrogen-bond donors (Lipinski definition) is 0. The van der Waals surface area contributed by atoms with E-state index in [2.05, 4.69) is 71.9 Å². The van der Waals surface area contributed by atoms with Crippen LogP contribution in [-0.4, -0.2) is 9.13 Å². The second-order valence-electron chi connectivity index (χ2n) is 16.6. The Kier molecular flexibility index (Phi) is 18.1. The Morgan fingerprint density at radius 3 is 1.11 bits per heavy atom. The zero-order valence-electron chi connectivity index (χ0n) is 34.5. The van der Waals surface area contributed by atoms with Crippen molar-refractivity contribution in [2.24, 2.45) is 11.8 Å². The van der Waals surface area contributed by atoms with E-state index in [1.165, 1.54) is 154 Å². The molecule has 0 bridgehead atoms. The number of thiophene rings is 2. The van der Waals surface area contributed by atoms with Gasteiger partial charge in [-0.15, -0.1) is 22.7 Å². The highest BCUT2D eigenvalue weighted by Gasteiger charge is 2.21. The second kappa shape index (κ2) is 23.0. The van der Waals surface area contributed by atoms with Crippen LogP contribution in [0.5, 0.6) is 0 Å². The first-order valence-corrected chi connectivity index (χ1v) is 24.3. The molecule has 5 aromatic rings. The first-order chi connectivity index (χ1) is 26.5. The van der Waals surface area contributed by atoms with Crippen molar-refractivity contribution >= 4 is 64.7 Å². The van der Waals surface area contributed by atoms with E-state index in [0.29, 0.717) is 11.8 Å². The average Bonchev–Trinajstić information content (AvgIpc) is 3.88. The van der Waals surface area contributed by atoms with Gasteiger partial charge in [0.05, 0.1) is 20.4 Å². The van der Waals surface area contributed by atoms with Gasteiger partial charge in [-0.2, -0.15) is 0 Å². The minimum Gasteiger partial charge on any atom is -0.307 e. The van der Waals surface area contributed by atoms with Crippen LogP contribution in [0.2, 0.25) is 0 Å². The number of aromatic nitrogens is 2. The van der Waals surface area contributed by atoms with Gasteiger partial charge in [0.2, 0.25) is 0 Å². The van der Waals surface area contributed by atoms with E-state index >= 15 is 0 Å². The summed E-state index contributed by atoms with van der Waals surface area (Å²) in [4.78, 5) is 29.3. The topological polar surface area (TPSA) is 44.0 Å². The molecule has 2 atom stereocenters. The van der Waals surface area contributed by atoms with Crippen LogP contribution in [0.15, 0.2) is 44.6 Å². The van der Waals surface area contributed by atoms with E-state index in [1.54, 1.807) is 22.7 Å². The summed E-state index contributed by atoms with van der Waals surface area (Å²) in [5.41, 5.74) is 2.31. The minimum absolute atomic E-state index is 0.110. The molecule has 1 aromatic carbocycles. The van der Waals surface area contributed by atoms with Crippen LogP contribution in [-0.2, 0) is 13.1 Å². The zero-order valence-corrected chi connectivity index (χ0v) is 36.2. The Labute approximate surface area is 334 Å². The minimum atomic E-state index is 0.110. The summed E-state index contributed by atoms with van der Waals surface area (Å²) in [6.45, 7) is 10.7. The largest absolute Gasteiger partial charge is 0.307 e. The van der Waals surface area contributed by atoms with E-state index in [4.69, 9.17) is 0 Å². The molecule has 0 amide bonds. The zero-order chi connectivity index (χ0) is 38.1. The van der Waals surface area contributed by atoms with E-state index in [9.17, 15) is 9.59 Å².